The van der Waals surface area contributed by atoms with Gasteiger partial charge in [0.1, 0.15) is 5.82 Å². The molecule has 2 aromatic rings. The lowest BCUT2D eigenvalue weighted by Crippen LogP contribution is -2.22. The summed E-state index contributed by atoms with van der Waals surface area (Å²) in [6.45, 7) is 5.65. The molecule has 2 heterocycles. The van der Waals surface area contributed by atoms with E-state index in [0.29, 0.717) is 0 Å². The largest absolute Gasteiger partial charge is 0.389 e. The van der Waals surface area contributed by atoms with Crippen LogP contribution in [-0.4, -0.2) is 16.6 Å². The van der Waals surface area contributed by atoms with Crippen LogP contribution in [0.1, 0.15) is 30.4 Å². The van der Waals surface area contributed by atoms with Crippen molar-refractivity contribution in [1.29, 1.82) is 0 Å². The first kappa shape index (κ1) is 13.1. The SMILES string of the molecule is CCN(Cc1cccs1)c1cc([C@H](C)O)ccn1. The highest BCUT2D eigenvalue weighted by Crippen LogP contribution is 2.20. The van der Waals surface area contributed by atoms with Crippen molar-refractivity contribution < 1.29 is 5.11 Å². The van der Waals surface area contributed by atoms with Crippen molar-refractivity contribution in [3.63, 3.8) is 0 Å². The molecule has 18 heavy (non-hydrogen) atoms. The number of anilines is 1. The quantitative estimate of drug-likeness (QED) is 0.898. The van der Waals surface area contributed by atoms with Crippen LogP contribution in [0, 0.1) is 0 Å². The predicted octanol–water partition coefficient (Wildman–Crippen LogP) is 3.22. The molecule has 2 aromatic heterocycles. The molecule has 0 aromatic carbocycles. The Kier molecular flexibility index (Phi) is 4.33. The van der Waals surface area contributed by atoms with Crippen LogP contribution in [0.15, 0.2) is 35.8 Å². The molecule has 1 N–H and O–H groups in total. The van der Waals surface area contributed by atoms with Gasteiger partial charge in [0.15, 0.2) is 0 Å². The number of aromatic nitrogens is 1. The third-order valence-corrected chi connectivity index (χ3v) is 3.75. The van der Waals surface area contributed by atoms with Crippen molar-refractivity contribution in [3.8, 4) is 0 Å². The highest BCUT2D eigenvalue weighted by atomic mass is 32.1. The van der Waals surface area contributed by atoms with Crippen molar-refractivity contribution in [2.24, 2.45) is 0 Å². The minimum absolute atomic E-state index is 0.452. The summed E-state index contributed by atoms with van der Waals surface area (Å²) < 4.78 is 0. The van der Waals surface area contributed by atoms with Gasteiger partial charge in [0.05, 0.1) is 12.6 Å². The zero-order valence-corrected chi connectivity index (χ0v) is 11.5. The second-order valence-corrected chi connectivity index (χ2v) is 5.25. The predicted molar refractivity (Wildman–Crippen MR) is 75.9 cm³/mol. The normalized spacial score (nSPS) is 12.4. The van der Waals surface area contributed by atoms with E-state index in [9.17, 15) is 5.11 Å². The standard InChI is InChI=1S/C14H18N2OS/c1-3-16(10-13-5-4-8-18-13)14-9-12(11(2)17)6-7-15-14/h4-9,11,17H,3,10H2,1-2H3/t11-/m0/s1. The molecule has 0 aliphatic heterocycles. The molecule has 0 spiro atoms. The van der Waals surface area contributed by atoms with Crippen LogP contribution in [0.4, 0.5) is 5.82 Å². The van der Waals surface area contributed by atoms with Crippen molar-refractivity contribution >= 4 is 17.2 Å². The number of aliphatic hydroxyl groups is 1. The lowest BCUT2D eigenvalue weighted by atomic mass is 10.1. The number of pyridine rings is 1. The van der Waals surface area contributed by atoms with Crippen LogP contribution in [0.3, 0.4) is 0 Å². The van der Waals surface area contributed by atoms with Gasteiger partial charge in [0.25, 0.3) is 0 Å². The minimum atomic E-state index is -0.452. The Hall–Kier alpha value is -1.39. The average Bonchev–Trinajstić information content (AvgIpc) is 2.89. The maximum absolute atomic E-state index is 9.62. The Bertz CT molecular complexity index is 482. The van der Waals surface area contributed by atoms with Crippen LogP contribution in [0.2, 0.25) is 0 Å². The van der Waals surface area contributed by atoms with Crippen molar-refractivity contribution in [2.75, 3.05) is 11.4 Å². The molecular formula is C14H18N2OS. The number of nitrogens with zero attached hydrogens (tertiary/aromatic N) is 2. The Balaban J connectivity index is 2.19. The molecule has 0 saturated carbocycles. The molecule has 3 nitrogen and oxygen atoms in total. The molecule has 2 rings (SSSR count). The molecule has 96 valence electrons. The first-order valence-electron chi connectivity index (χ1n) is 6.12. The zero-order chi connectivity index (χ0) is 13.0. The Morgan fingerprint density at radius 2 is 2.28 bits per heavy atom. The Morgan fingerprint density at radius 3 is 2.89 bits per heavy atom. The smallest absolute Gasteiger partial charge is 0.129 e. The topological polar surface area (TPSA) is 36.4 Å². The van der Waals surface area contributed by atoms with Gasteiger partial charge in [-0.15, -0.1) is 11.3 Å². The molecule has 1 atom stereocenters. The highest BCUT2D eigenvalue weighted by Gasteiger charge is 2.09. The summed E-state index contributed by atoms with van der Waals surface area (Å²) in [5.74, 6) is 0.921. The second-order valence-electron chi connectivity index (χ2n) is 4.22. The van der Waals surface area contributed by atoms with Crippen molar-refractivity contribution in [2.45, 2.75) is 26.5 Å². The second kappa shape index (κ2) is 5.98. The molecule has 0 unspecified atom stereocenters. The molecule has 0 amide bonds. The fourth-order valence-electron chi connectivity index (χ4n) is 1.81. The molecule has 0 bridgehead atoms. The number of aliphatic hydroxyl groups excluding tert-OH is 1. The average molecular weight is 262 g/mol. The van der Waals surface area contributed by atoms with Crippen LogP contribution in [-0.2, 0) is 6.54 Å². The van der Waals surface area contributed by atoms with Gasteiger partial charge >= 0.3 is 0 Å². The van der Waals surface area contributed by atoms with E-state index in [4.69, 9.17) is 0 Å². The monoisotopic (exact) mass is 262 g/mol. The summed E-state index contributed by atoms with van der Waals surface area (Å²) in [7, 11) is 0. The molecule has 0 fully saturated rings. The molecule has 0 aliphatic carbocycles. The molecular weight excluding hydrogens is 244 g/mol. The lowest BCUT2D eigenvalue weighted by Gasteiger charge is -2.22. The van der Waals surface area contributed by atoms with Gasteiger partial charge in [-0.2, -0.15) is 0 Å². The first-order valence-corrected chi connectivity index (χ1v) is 7.00. The van der Waals surface area contributed by atoms with E-state index in [1.165, 1.54) is 4.88 Å². The van der Waals surface area contributed by atoms with Gasteiger partial charge in [0.2, 0.25) is 0 Å². The van der Waals surface area contributed by atoms with E-state index < -0.39 is 6.10 Å². The summed E-state index contributed by atoms with van der Waals surface area (Å²) in [5, 5.41) is 11.7. The third-order valence-electron chi connectivity index (χ3n) is 2.88. The summed E-state index contributed by atoms with van der Waals surface area (Å²) in [4.78, 5) is 7.92. The van der Waals surface area contributed by atoms with E-state index >= 15 is 0 Å². The maximum Gasteiger partial charge on any atom is 0.129 e. The summed E-state index contributed by atoms with van der Waals surface area (Å²) >= 11 is 1.75. The number of thiophene rings is 1. The molecule has 0 aliphatic rings. The van der Waals surface area contributed by atoms with Crippen LogP contribution in [0.25, 0.3) is 0 Å². The van der Waals surface area contributed by atoms with Gasteiger partial charge in [-0.25, -0.2) is 4.98 Å². The first-order chi connectivity index (χ1) is 8.70. The van der Waals surface area contributed by atoms with E-state index in [2.05, 4.69) is 34.3 Å². The molecule has 4 heteroatoms. The van der Waals surface area contributed by atoms with E-state index in [0.717, 1.165) is 24.5 Å². The summed E-state index contributed by atoms with van der Waals surface area (Å²) in [5.41, 5.74) is 0.907. The third kappa shape index (κ3) is 3.09. The van der Waals surface area contributed by atoms with Gasteiger partial charge in [-0.05, 0) is 43.0 Å². The minimum Gasteiger partial charge on any atom is -0.389 e. The van der Waals surface area contributed by atoms with Gasteiger partial charge in [-0.3, -0.25) is 0 Å². The van der Waals surface area contributed by atoms with Gasteiger partial charge < -0.3 is 10.0 Å². The van der Waals surface area contributed by atoms with E-state index in [1.807, 2.05) is 12.1 Å². The maximum atomic E-state index is 9.62. The van der Waals surface area contributed by atoms with Gasteiger partial charge in [0, 0.05) is 17.6 Å². The fraction of sp³-hybridized carbons (Fsp3) is 0.357. The summed E-state index contributed by atoms with van der Waals surface area (Å²) in [6.07, 6.45) is 1.31. The van der Waals surface area contributed by atoms with E-state index in [-0.39, 0.29) is 0 Å². The fourth-order valence-corrected chi connectivity index (χ4v) is 2.53. The lowest BCUT2D eigenvalue weighted by molar-refractivity contribution is 0.199. The molecule has 0 saturated heterocycles. The highest BCUT2D eigenvalue weighted by molar-refractivity contribution is 7.09. The van der Waals surface area contributed by atoms with Crippen LogP contribution in [0.5, 0.6) is 0 Å². The van der Waals surface area contributed by atoms with Crippen molar-refractivity contribution in [3.05, 3.63) is 46.3 Å². The summed E-state index contributed by atoms with van der Waals surface area (Å²) in [6, 6.07) is 8.01. The Labute approximate surface area is 112 Å². The van der Waals surface area contributed by atoms with E-state index in [1.54, 1.807) is 24.5 Å². The van der Waals surface area contributed by atoms with Gasteiger partial charge in [-0.1, -0.05) is 6.07 Å². The molecule has 0 radical (unpaired) electrons. The Morgan fingerprint density at radius 1 is 1.44 bits per heavy atom. The van der Waals surface area contributed by atoms with Crippen molar-refractivity contribution in [1.82, 2.24) is 4.98 Å². The number of rotatable bonds is 5. The number of hydrogen-bond acceptors (Lipinski definition) is 4. The zero-order valence-electron chi connectivity index (χ0n) is 10.7. The number of hydrogen-bond donors (Lipinski definition) is 1. The van der Waals surface area contributed by atoms with Crippen LogP contribution < -0.4 is 4.90 Å². The van der Waals surface area contributed by atoms with Crippen LogP contribution >= 0.6 is 11.3 Å².